The van der Waals surface area contributed by atoms with E-state index in [1.54, 1.807) is 30.3 Å². The third-order valence-corrected chi connectivity index (χ3v) is 8.07. The van der Waals surface area contributed by atoms with E-state index in [0.29, 0.717) is 10.7 Å². The van der Waals surface area contributed by atoms with E-state index in [2.05, 4.69) is 4.99 Å². The molecule has 1 amide bonds. The predicted molar refractivity (Wildman–Crippen MR) is 158 cm³/mol. The van der Waals surface area contributed by atoms with Gasteiger partial charge in [-0.2, -0.15) is 0 Å². The third kappa shape index (κ3) is 8.22. The molecule has 228 valence electrons. The summed E-state index contributed by atoms with van der Waals surface area (Å²) in [6.45, 7) is 4.23. The van der Waals surface area contributed by atoms with Crippen molar-refractivity contribution in [1.29, 1.82) is 0 Å². The smallest absolute Gasteiger partial charge is 0.303 e. The molecule has 0 unspecified atom stereocenters. The van der Waals surface area contributed by atoms with Crippen LogP contribution in [0.25, 0.3) is 6.08 Å². The number of carbonyl (C=O) groups excluding carboxylic acids is 5. The van der Waals surface area contributed by atoms with Gasteiger partial charge in [0.2, 0.25) is 0 Å². The maximum absolute atomic E-state index is 13.6. The fourth-order valence-corrected chi connectivity index (χ4v) is 6.26. The Balaban J connectivity index is 1.78. The molecule has 2 aliphatic heterocycles. The summed E-state index contributed by atoms with van der Waals surface area (Å²) >= 11 is 8.41. The van der Waals surface area contributed by atoms with Crippen LogP contribution in [0.5, 0.6) is 0 Å². The number of amidine groups is 1. The van der Waals surface area contributed by atoms with E-state index in [1.807, 2.05) is 17.5 Å². The molecule has 3 heterocycles. The van der Waals surface area contributed by atoms with Crippen molar-refractivity contribution in [2.24, 2.45) is 4.99 Å². The fourth-order valence-electron chi connectivity index (χ4n) is 4.29. The van der Waals surface area contributed by atoms with Gasteiger partial charge in [-0.25, -0.2) is 4.99 Å². The van der Waals surface area contributed by atoms with E-state index in [4.69, 9.17) is 35.3 Å². The molecule has 12 nitrogen and oxygen atoms in total. The van der Waals surface area contributed by atoms with E-state index >= 15 is 0 Å². The van der Waals surface area contributed by atoms with Crippen molar-refractivity contribution in [2.75, 3.05) is 11.5 Å². The summed E-state index contributed by atoms with van der Waals surface area (Å²) in [4.78, 5) is 68.4. The van der Waals surface area contributed by atoms with E-state index in [-0.39, 0.29) is 17.5 Å². The zero-order valence-electron chi connectivity index (χ0n) is 23.4. The Kier molecular flexibility index (Phi) is 10.6. The number of aliphatic imine (C=N–C) groups is 1. The van der Waals surface area contributed by atoms with Crippen molar-refractivity contribution in [1.82, 2.24) is 0 Å². The molecule has 0 bridgehead atoms. The van der Waals surface area contributed by atoms with Crippen LogP contribution in [0.15, 0.2) is 52.5 Å². The molecule has 1 fully saturated rings. The summed E-state index contributed by atoms with van der Waals surface area (Å²) in [7, 11) is 0. The summed E-state index contributed by atoms with van der Waals surface area (Å²) in [5, 5.41) is 2.46. The van der Waals surface area contributed by atoms with Gasteiger partial charge in [0.25, 0.3) is 5.91 Å². The molecule has 0 spiro atoms. The van der Waals surface area contributed by atoms with Gasteiger partial charge in [0.1, 0.15) is 18.4 Å². The lowest BCUT2D eigenvalue weighted by Crippen LogP contribution is -2.61. The minimum atomic E-state index is -1.36. The number of nitrogens with zero attached hydrogens (tertiary/aromatic N) is 2. The van der Waals surface area contributed by atoms with Crippen molar-refractivity contribution in [3.63, 3.8) is 0 Å². The fraction of sp³-hybridized carbons (Fsp3) is 0.357. The van der Waals surface area contributed by atoms with Gasteiger partial charge in [-0.1, -0.05) is 29.4 Å². The van der Waals surface area contributed by atoms with Gasteiger partial charge in [0, 0.05) is 37.6 Å². The number of ether oxygens (including phenoxy) is 5. The van der Waals surface area contributed by atoms with E-state index in [0.717, 1.165) is 37.4 Å². The second-order valence-electron chi connectivity index (χ2n) is 9.24. The SMILES string of the molecule is CC(=O)OC[C@@H]1O[C@@H](SC2=N/C(=C\c3cccs3)C(=O)N2c2ccc(Cl)cc2)[C@@H](OC(C)=O)[C@@H](OC(C)=O)[C@H]1OC(C)=O. The standard InChI is InChI=1S/C28H27ClN2O10S2/c1-14(32)37-13-22-23(38-15(2)33)24(39-16(3)34)25(40-17(4)35)27(41-22)43-28-30-21(12-20-6-5-11-42-20)26(36)31(28)19-9-7-18(29)8-10-19/h5-12,22-25,27H,13H2,1-4H3/b21-12-/t22-,23-,24-,25-,27-/m0/s1. The number of carbonyl (C=O) groups is 5. The molecule has 4 rings (SSSR count). The van der Waals surface area contributed by atoms with Crippen LogP contribution < -0.4 is 4.90 Å². The number of hydrogen-bond acceptors (Lipinski definition) is 13. The second-order valence-corrected chi connectivity index (χ2v) is 11.7. The minimum Gasteiger partial charge on any atom is -0.463 e. The van der Waals surface area contributed by atoms with Crippen LogP contribution in [0.4, 0.5) is 5.69 Å². The highest BCUT2D eigenvalue weighted by molar-refractivity contribution is 8.14. The summed E-state index contributed by atoms with van der Waals surface area (Å²) in [5.74, 6) is -3.32. The number of esters is 4. The Morgan fingerprint density at radius 1 is 0.953 bits per heavy atom. The first-order chi connectivity index (χ1) is 20.4. The number of thiophene rings is 1. The van der Waals surface area contributed by atoms with Crippen LogP contribution in [-0.2, 0) is 47.7 Å². The monoisotopic (exact) mass is 650 g/mol. The van der Waals surface area contributed by atoms with Crippen LogP contribution in [0.1, 0.15) is 32.6 Å². The predicted octanol–water partition coefficient (Wildman–Crippen LogP) is 3.96. The highest BCUT2D eigenvalue weighted by atomic mass is 35.5. The van der Waals surface area contributed by atoms with E-state index < -0.39 is 59.6 Å². The average Bonchev–Trinajstić information content (AvgIpc) is 3.54. The van der Waals surface area contributed by atoms with Crippen LogP contribution >= 0.6 is 34.7 Å². The molecule has 1 saturated heterocycles. The van der Waals surface area contributed by atoms with Gasteiger partial charge in [-0.05, 0) is 41.8 Å². The molecule has 2 aromatic rings. The number of benzene rings is 1. The normalized spacial score (nSPS) is 24.3. The van der Waals surface area contributed by atoms with Gasteiger partial charge >= 0.3 is 23.9 Å². The summed E-state index contributed by atoms with van der Waals surface area (Å²) in [5.41, 5.74) is -0.602. The minimum absolute atomic E-state index is 0.130. The number of halogens is 1. The first-order valence-corrected chi connectivity index (χ1v) is 15.0. The molecule has 1 aromatic heterocycles. The molecule has 0 radical (unpaired) electrons. The lowest BCUT2D eigenvalue weighted by atomic mass is 9.99. The third-order valence-electron chi connectivity index (χ3n) is 5.91. The van der Waals surface area contributed by atoms with Crippen molar-refractivity contribution < 1.29 is 47.7 Å². The van der Waals surface area contributed by atoms with Crippen LogP contribution in [0.3, 0.4) is 0 Å². The van der Waals surface area contributed by atoms with Crippen molar-refractivity contribution in [3.8, 4) is 0 Å². The largest absolute Gasteiger partial charge is 0.463 e. The Bertz CT molecular complexity index is 1440. The number of rotatable bonds is 8. The topological polar surface area (TPSA) is 147 Å². The molecule has 5 atom stereocenters. The molecular weight excluding hydrogens is 624 g/mol. The number of hydrogen-bond donors (Lipinski definition) is 0. The quantitative estimate of drug-likeness (QED) is 0.232. The number of anilines is 1. The Morgan fingerprint density at radius 2 is 1.58 bits per heavy atom. The molecule has 0 aliphatic carbocycles. The Hall–Kier alpha value is -3.72. The van der Waals surface area contributed by atoms with Crippen LogP contribution in [0.2, 0.25) is 5.02 Å². The summed E-state index contributed by atoms with van der Waals surface area (Å²) in [6, 6.07) is 10.2. The first kappa shape index (κ1) is 32.2. The second kappa shape index (κ2) is 14.2. The van der Waals surface area contributed by atoms with Crippen LogP contribution in [0, 0.1) is 0 Å². The summed E-state index contributed by atoms with van der Waals surface area (Å²) < 4.78 is 27.8. The van der Waals surface area contributed by atoms with Crippen LogP contribution in [-0.4, -0.2) is 71.4 Å². The van der Waals surface area contributed by atoms with E-state index in [1.165, 1.54) is 23.2 Å². The summed E-state index contributed by atoms with van der Waals surface area (Å²) in [6.07, 6.45) is -3.52. The first-order valence-electron chi connectivity index (χ1n) is 12.8. The lowest BCUT2D eigenvalue weighted by molar-refractivity contribution is -0.237. The lowest BCUT2D eigenvalue weighted by Gasteiger charge is -2.44. The van der Waals surface area contributed by atoms with Crippen molar-refractivity contribution >= 4 is 81.4 Å². The molecule has 43 heavy (non-hydrogen) atoms. The van der Waals surface area contributed by atoms with Gasteiger partial charge in [-0.3, -0.25) is 28.9 Å². The Morgan fingerprint density at radius 3 is 2.16 bits per heavy atom. The highest BCUT2D eigenvalue weighted by Crippen LogP contribution is 2.39. The van der Waals surface area contributed by atoms with Gasteiger partial charge in [0.15, 0.2) is 28.9 Å². The molecular formula is C28H27ClN2O10S2. The van der Waals surface area contributed by atoms with Crippen molar-refractivity contribution in [3.05, 3.63) is 57.4 Å². The molecule has 2 aliphatic rings. The number of thioether (sulfide) groups is 1. The Labute approximate surface area is 259 Å². The zero-order chi connectivity index (χ0) is 31.3. The van der Waals surface area contributed by atoms with Gasteiger partial charge < -0.3 is 23.7 Å². The zero-order valence-corrected chi connectivity index (χ0v) is 25.8. The maximum atomic E-state index is 13.6. The molecule has 15 heteroatoms. The van der Waals surface area contributed by atoms with Gasteiger partial charge in [0.05, 0.1) is 5.69 Å². The molecule has 1 aromatic carbocycles. The van der Waals surface area contributed by atoms with Crippen molar-refractivity contribution in [2.45, 2.75) is 57.5 Å². The molecule has 0 N–H and O–H groups in total. The maximum Gasteiger partial charge on any atom is 0.303 e. The average molecular weight is 651 g/mol. The number of amides is 1. The molecule has 0 saturated carbocycles. The van der Waals surface area contributed by atoms with E-state index in [9.17, 15) is 24.0 Å². The van der Waals surface area contributed by atoms with Gasteiger partial charge in [-0.15, -0.1) is 11.3 Å². The highest BCUT2D eigenvalue weighted by Gasteiger charge is 2.53.